The molecule has 0 aromatic heterocycles. The number of nitrogens with one attached hydrogen (secondary N) is 1. The van der Waals surface area contributed by atoms with E-state index in [4.69, 9.17) is 15.1 Å². The van der Waals surface area contributed by atoms with E-state index in [9.17, 15) is 18.3 Å². The summed E-state index contributed by atoms with van der Waals surface area (Å²) in [7, 11) is -4.12. The summed E-state index contributed by atoms with van der Waals surface area (Å²) in [5.41, 5.74) is 0.648. The first-order chi connectivity index (χ1) is 12.6. The van der Waals surface area contributed by atoms with Crippen LogP contribution in [0.2, 0.25) is 0 Å². The van der Waals surface area contributed by atoms with E-state index in [-0.39, 0.29) is 4.90 Å². The largest absolute Gasteiger partial charge is 0.457 e. The minimum absolute atomic E-state index is 0.174. The van der Waals surface area contributed by atoms with Crippen LogP contribution in [-0.2, 0) is 14.6 Å². The van der Waals surface area contributed by atoms with Gasteiger partial charge < -0.3 is 14.9 Å². The Morgan fingerprint density at radius 2 is 1.67 bits per heavy atom. The highest BCUT2D eigenvalue weighted by atomic mass is 32.2. The lowest BCUT2D eigenvalue weighted by molar-refractivity contribution is -0.150. The molecule has 0 bridgehead atoms. The summed E-state index contributed by atoms with van der Waals surface area (Å²) in [6.07, 6.45) is 0. The fourth-order valence-corrected chi connectivity index (χ4v) is 3.88. The van der Waals surface area contributed by atoms with Gasteiger partial charge in [-0.25, -0.2) is 13.9 Å². The molecule has 0 aliphatic heterocycles. The molecule has 2 aromatic carbocycles. The number of aryl methyl sites for hydroxylation is 2. The molecule has 9 heteroatoms. The molecule has 0 aliphatic rings. The van der Waals surface area contributed by atoms with Gasteiger partial charge in [-0.1, -0.05) is 6.07 Å². The van der Waals surface area contributed by atoms with Crippen LogP contribution in [0.25, 0.3) is 0 Å². The lowest BCUT2D eigenvalue weighted by Gasteiger charge is -2.22. The molecule has 2 aromatic rings. The predicted molar refractivity (Wildman–Crippen MR) is 96.4 cm³/mol. The number of amides is 1. The minimum Gasteiger partial charge on any atom is -0.457 e. The highest BCUT2D eigenvalue weighted by Gasteiger charge is 2.40. The van der Waals surface area contributed by atoms with Gasteiger partial charge in [0.25, 0.3) is 5.91 Å². The summed E-state index contributed by atoms with van der Waals surface area (Å²) in [5, 5.41) is 27.7. The van der Waals surface area contributed by atoms with Crippen molar-refractivity contribution in [2.45, 2.75) is 24.3 Å². The van der Waals surface area contributed by atoms with Crippen molar-refractivity contribution in [3.63, 3.8) is 0 Å². The number of hydroxylamine groups is 1. The summed E-state index contributed by atoms with van der Waals surface area (Å²) >= 11 is 0. The number of carbonyl (C=O) groups is 1. The van der Waals surface area contributed by atoms with Gasteiger partial charge >= 0.3 is 0 Å². The fourth-order valence-electron chi connectivity index (χ4n) is 2.31. The van der Waals surface area contributed by atoms with Crippen LogP contribution in [0.15, 0.2) is 47.4 Å². The molecule has 0 fully saturated rings. The van der Waals surface area contributed by atoms with E-state index in [1.165, 1.54) is 24.3 Å². The molecule has 0 aliphatic carbocycles. The van der Waals surface area contributed by atoms with E-state index >= 15 is 0 Å². The van der Waals surface area contributed by atoms with E-state index in [0.717, 1.165) is 16.6 Å². The molecule has 4 N–H and O–H groups in total. The van der Waals surface area contributed by atoms with E-state index in [1.807, 2.05) is 26.0 Å². The number of sulfone groups is 1. The lowest BCUT2D eigenvalue weighted by Crippen LogP contribution is -2.53. The van der Waals surface area contributed by atoms with Gasteiger partial charge in [-0.05, 0) is 61.4 Å². The summed E-state index contributed by atoms with van der Waals surface area (Å²) < 4.78 is 30.5. The standard InChI is InChI=1S/C18H21NO7S/c1-12-3-4-15(9-13(12)2)26-14-5-7-16(8-6-14)27(24,25)11-18(22,10-20)17(21)19-23/h3-9,20,22-23H,10-11H2,1-2H3,(H,19,21). The average molecular weight is 395 g/mol. The average Bonchev–Trinajstić information content (AvgIpc) is 2.64. The first-order valence-corrected chi connectivity index (χ1v) is 9.62. The van der Waals surface area contributed by atoms with Crippen molar-refractivity contribution in [1.82, 2.24) is 5.48 Å². The summed E-state index contributed by atoms with van der Waals surface area (Å²) in [6.45, 7) is 2.75. The van der Waals surface area contributed by atoms with Crippen LogP contribution in [0.4, 0.5) is 0 Å². The lowest BCUT2D eigenvalue weighted by atomic mass is 10.1. The third-order valence-corrected chi connectivity index (χ3v) is 5.96. The van der Waals surface area contributed by atoms with Gasteiger partial charge in [0.05, 0.1) is 17.3 Å². The van der Waals surface area contributed by atoms with Crippen LogP contribution in [-0.4, -0.2) is 47.7 Å². The van der Waals surface area contributed by atoms with Crippen molar-refractivity contribution >= 4 is 15.7 Å². The number of carbonyl (C=O) groups excluding carboxylic acids is 1. The Balaban J connectivity index is 2.20. The van der Waals surface area contributed by atoms with Gasteiger partial charge in [-0.15, -0.1) is 0 Å². The Labute approximate surface area is 156 Å². The highest BCUT2D eigenvalue weighted by molar-refractivity contribution is 7.91. The van der Waals surface area contributed by atoms with Gasteiger partial charge in [0.2, 0.25) is 0 Å². The normalized spacial score (nSPS) is 13.7. The van der Waals surface area contributed by atoms with Gasteiger partial charge in [0.1, 0.15) is 11.5 Å². The number of rotatable bonds is 7. The minimum atomic E-state index is -4.12. The molecule has 27 heavy (non-hydrogen) atoms. The molecule has 146 valence electrons. The zero-order valence-corrected chi connectivity index (χ0v) is 15.7. The number of aliphatic hydroxyl groups excluding tert-OH is 1. The molecule has 1 unspecified atom stereocenters. The molecule has 8 nitrogen and oxygen atoms in total. The molecule has 0 saturated heterocycles. The molecule has 0 heterocycles. The third kappa shape index (κ3) is 4.83. The predicted octanol–water partition coefficient (Wildman–Crippen LogP) is 1.10. The van der Waals surface area contributed by atoms with Crippen molar-refractivity contribution in [2.75, 3.05) is 12.4 Å². The van der Waals surface area contributed by atoms with Gasteiger partial charge in [0.15, 0.2) is 15.4 Å². The van der Waals surface area contributed by atoms with Crippen molar-refractivity contribution < 1.29 is 33.4 Å². The summed E-state index contributed by atoms with van der Waals surface area (Å²) in [6, 6.07) is 11.0. The smallest absolute Gasteiger partial charge is 0.278 e. The first kappa shape index (κ1) is 20.8. The van der Waals surface area contributed by atoms with E-state index in [0.29, 0.717) is 11.5 Å². The monoisotopic (exact) mass is 395 g/mol. The first-order valence-electron chi connectivity index (χ1n) is 7.97. The molecule has 0 spiro atoms. The number of aliphatic hydroxyl groups is 2. The van der Waals surface area contributed by atoms with Crippen LogP contribution in [0.1, 0.15) is 11.1 Å². The maximum absolute atomic E-state index is 12.4. The number of hydrogen-bond donors (Lipinski definition) is 4. The highest BCUT2D eigenvalue weighted by Crippen LogP contribution is 2.26. The second kappa shape index (κ2) is 8.05. The number of benzene rings is 2. The Bertz CT molecular complexity index is 925. The molecule has 1 atom stereocenters. The van der Waals surface area contributed by atoms with Crippen LogP contribution in [0.3, 0.4) is 0 Å². The molecule has 1 amide bonds. The molecular formula is C18H21NO7S. The second-order valence-electron chi connectivity index (χ2n) is 6.21. The maximum Gasteiger partial charge on any atom is 0.278 e. The molecule has 2 rings (SSSR count). The zero-order chi connectivity index (χ0) is 20.2. The second-order valence-corrected chi connectivity index (χ2v) is 8.20. The van der Waals surface area contributed by atoms with E-state index in [1.54, 1.807) is 6.07 Å². The van der Waals surface area contributed by atoms with E-state index in [2.05, 4.69) is 0 Å². The SMILES string of the molecule is Cc1ccc(Oc2ccc(S(=O)(=O)CC(O)(CO)C(=O)NO)cc2)cc1C. The van der Waals surface area contributed by atoms with E-state index < -0.39 is 33.7 Å². The third-order valence-electron chi connectivity index (χ3n) is 4.11. The van der Waals surface area contributed by atoms with Gasteiger partial charge in [-0.2, -0.15) is 0 Å². The maximum atomic E-state index is 12.4. The quantitative estimate of drug-likeness (QED) is 0.407. The fraction of sp³-hybridized carbons (Fsp3) is 0.278. The van der Waals surface area contributed by atoms with Crippen molar-refractivity contribution in [3.8, 4) is 11.5 Å². The summed E-state index contributed by atoms with van der Waals surface area (Å²) in [4.78, 5) is 11.3. The van der Waals surface area contributed by atoms with Crippen molar-refractivity contribution in [3.05, 3.63) is 53.6 Å². The van der Waals surface area contributed by atoms with Crippen LogP contribution < -0.4 is 10.2 Å². The van der Waals surface area contributed by atoms with Crippen LogP contribution in [0, 0.1) is 13.8 Å². The van der Waals surface area contributed by atoms with Crippen molar-refractivity contribution in [2.24, 2.45) is 0 Å². The topological polar surface area (TPSA) is 133 Å². The summed E-state index contributed by atoms with van der Waals surface area (Å²) in [5.74, 6) is -1.51. The Morgan fingerprint density at radius 3 is 2.19 bits per heavy atom. The Hall–Kier alpha value is -2.46. The molecular weight excluding hydrogens is 374 g/mol. The molecule has 0 saturated carbocycles. The van der Waals surface area contributed by atoms with Gasteiger partial charge in [0, 0.05) is 0 Å². The van der Waals surface area contributed by atoms with Crippen LogP contribution in [0.5, 0.6) is 11.5 Å². The van der Waals surface area contributed by atoms with Crippen LogP contribution >= 0.6 is 0 Å². The van der Waals surface area contributed by atoms with Crippen molar-refractivity contribution in [1.29, 1.82) is 0 Å². The zero-order valence-electron chi connectivity index (χ0n) is 14.8. The number of hydrogen-bond acceptors (Lipinski definition) is 7. The Morgan fingerprint density at radius 1 is 1.07 bits per heavy atom. The molecule has 0 radical (unpaired) electrons. The Kier molecular flexibility index (Phi) is 6.22. The number of ether oxygens (including phenoxy) is 1. The van der Waals surface area contributed by atoms with Gasteiger partial charge in [-0.3, -0.25) is 10.0 Å².